The molecule has 128 valence electrons. The number of rotatable bonds is 6. The van der Waals surface area contributed by atoms with E-state index in [2.05, 4.69) is 52.3 Å². The standard InChI is InChI=1S/C17H29N5O/c1-4-7-20-17(18-5-2)21-12-15-6-8-19-16(11-15)22-9-10-23-14(3)13-22/h6,8,11,14H,4-5,7,9-10,12-13H2,1-3H3,(H2,18,20,21). The molecule has 1 aliphatic rings. The molecule has 0 aromatic carbocycles. The second-order valence-electron chi connectivity index (χ2n) is 5.77. The van der Waals surface area contributed by atoms with Crippen molar-refractivity contribution < 1.29 is 4.74 Å². The molecule has 0 aliphatic carbocycles. The number of aliphatic imine (C=N–C) groups is 1. The maximum Gasteiger partial charge on any atom is 0.191 e. The van der Waals surface area contributed by atoms with Crippen LogP contribution in [0.4, 0.5) is 5.82 Å². The first-order valence-electron chi connectivity index (χ1n) is 8.56. The summed E-state index contributed by atoms with van der Waals surface area (Å²) < 4.78 is 5.60. The average Bonchev–Trinajstić information content (AvgIpc) is 2.57. The van der Waals surface area contributed by atoms with Crippen LogP contribution in [-0.2, 0) is 11.3 Å². The summed E-state index contributed by atoms with van der Waals surface area (Å²) in [6, 6.07) is 4.16. The molecule has 0 saturated carbocycles. The Hall–Kier alpha value is -1.82. The van der Waals surface area contributed by atoms with Gasteiger partial charge in [-0.15, -0.1) is 0 Å². The number of hydrogen-bond acceptors (Lipinski definition) is 4. The third kappa shape index (κ3) is 5.71. The highest BCUT2D eigenvalue weighted by Gasteiger charge is 2.17. The minimum Gasteiger partial charge on any atom is -0.375 e. The molecule has 2 N–H and O–H groups in total. The van der Waals surface area contributed by atoms with Gasteiger partial charge in [-0.2, -0.15) is 0 Å². The van der Waals surface area contributed by atoms with E-state index in [1.165, 1.54) is 5.56 Å². The second kappa shape index (κ2) is 9.35. The summed E-state index contributed by atoms with van der Waals surface area (Å²) in [6.45, 7) is 11.3. The zero-order valence-corrected chi connectivity index (χ0v) is 14.5. The van der Waals surface area contributed by atoms with Crippen LogP contribution < -0.4 is 15.5 Å². The van der Waals surface area contributed by atoms with E-state index >= 15 is 0 Å². The molecule has 1 unspecified atom stereocenters. The summed E-state index contributed by atoms with van der Waals surface area (Å²) in [5, 5.41) is 6.59. The summed E-state index contributed by atoms with van der Waals surface area (Å²) in [4.78, 5) is 11.4. The summed E-state index contributed by atoms with van der Waals surface area (Å²) in [7, 11) is 0. The first-order chi connectivity index (χ1) is 11.2. The summed E-state index contributed by atoms with van der Waals surface area (Å²) >= 11 is 0. The lowest BCUT2D eigenvalue weighted by atomic mass is 10.2. The Labute approximate surface area is 139 Å². The molecule has 2 heterocycles. The van der Waals surface area contributed by atoms with Gasteiger partial charge in [-0.25, -0.2) is 9.98 Å². The maximum atomic E-state index is 5.60. The molecular weight excluding hydrogens is 290 g/mol. The number of pyridine rings is 1. The van der Waals surface area contributed by atoms with Gasteiger partial charge >= 0.3 is 0 Å². The summed E-state index contributed by atoms with van der Waals surface area (Å²) in [6.07, 6.45) is 3.21. The van der Waals surface area contributed by atoms with Crippen LogP contribution in [0.15, 0.2) is 23.3 Å². The van der Waals surface area contributed by atoms with Crippen molar-refractivity contribution in [2.24, 2.45) is 4.99 Å². The Morgan fingerprint density at radius 1 is 1.43 bits per heavy atom. The van der Waals surface area contributed by atoms with Gasteiger partial charge in [0, 0.05) is 32.4 Å². The number of ether oxygens (including phenoxy) is 1. The Morgan fingerprint density at radius 2 is 2.30 bits per heavy atom. The predicted molar refractivity (Wildman–Crippen MR) is 95.0 cm³/mol. The van der Waals surface area contributed by atoms with Crippen molar-refractivity contribution in [3.63, 3.8) is 0 Å². The lowest BCUT2D eigenvalue weighted by Crippen LogP contribution is -2.41. The van der Waals surface area contributed by atoms with E-state index < -0.39 is 0 Å². The third-order valence-corrected chi connectivity index (χ3v) is 3.68. The molecule has 1 aromatic heterocycles. The molecule has 0 radical (unpaired) electrons. The Balaban J connectivity index is 2.00. The van der Waals surface area contributed by atoms with Gasteiger partial charge in [0.25, 0.3) is 0 Å². The summed E-state index contributed by atoms with van der Waals surface area (Å²) in [5.41, 5.74) is 1.17. The van der Waals surface area contributed by atoms with Gasteiger partial charge in [0.1, 0.15) is 5.82 Å². The van der Waals surface area contributed by atoms with Gasteiger partial charge < -0.3 is 20.3 Å². The lowest BCUT2D eigenvalue weighted by Gasteiger charge is -2.32. The van der Waals surface area contributed by atoms with Gasteiger partial charge in [0.15, 0.2) is 5.96 Å². The number of aromatic nitrogens is 1. The number of hydrogen-bond donors (Lipinski definition) is 2. The van der Waals surface area contributed by atoms with Crippen LogP contribution in [0.5, 0.6) is 0 Å². The molecule has 2 rings (SSSR count). The minimum atomic E-state index is 0.255. The molecule has 6 nitrogen and oxygen atoms in total. The van der Waals surface area contributed by atoms with Crippen molar-refractivity contribution in [1.82, 2.24) is 15.6 Å². The van der Waals surface area contributed by atoms with Crippen LogP contribution in [0.3, 0.4) is 0 Å². The molecule has 1 atom stereocenters. The van der Waals surface area contributed by atoms with Crippen LogP contribution in [0.25, 0.3) is 0 Å². The van der Waals surface area contributed by atoms with Gasteiger partial charge in [0.2, 0.25) is 0 Å². The number of guanidine groups is 1. The van der Waals surface area contributed by atoms with E-state index in [1.807, 2.05) is 12.3 Å². The predicted octanol–water partition coefficient (Wildman–Crippen LogP) is 1.77. The molecule has 6 heteroatoms. The zero-order valence-electron chi connectivity index (χ0n) is 14.5. The molecule has 23 heavy (non-hydrogen) atoms. The molecule has 1 aliphatic heterocycles. The van der Waals surface area contributed by atoms with Crippen LogP contribution >= 0.6 is 0 Å². The van der Waals surface area contributed by atoms with Gasteiger partial charge in [-0.05, 0) is 38.0 Å². The second-order valence-corrected chi connectivity index (χ2v) is 5.77. The SMILES string of the molecule is CCCNC(=NCc1ccnc(N2CCOC(C)C2)c1)NCC. The van der Waals surface area contributed by atoms with E-state index in [9.17, 15) is 0 Å². The number of nitrogens with zero attached hydrogens (tertiary/aromatic N) is 3. The van der Waals surface area contributed by atoms with E-state index in [4.69, 9.17) is 4.74 Å². The van der Waals surface area contributed by atoms with E-state index in [1.54, 1.807) is 0 Å². The number of morpholine rings is 1. The molecular formula is C17H29N5O. The van der Waals surface area contributed by atoms with Crippen LogP contribution in [0.2, 0.25) is 0 Å². The van der Waals surface area contributed by atoms with E-state index in [0.717, 1.165) is 51.0 Å². The maximum absolute atomic E-state index is 5.60. The minimum absolute atomic E-state index is 0.255. The van der Waals surface area contributed by atoms with Crippen molar-refractivity contribution in [2.45, 2.75) is 39.8 Å². The first-order valence-corrected chi connectivity index (χ1v) is 8.56. The van der Waals surface area contributed by atoms with Crippen molar-refractivity contribution in [3.8, 4) is 0 Å². The fourth-order valence-corrected chi connectivity index (χ4v) is 2.51. The molecule has 1 fully saturated rings. The van der Waals surface area contributed by atoms with Crippen molar-refractivity contribution in [3.05, 3.63) is 23.9 Å². The Bertz CT molecular complexity index is 506. The van der Waals surface area contributed by atoms with Gasteiger partial charge in [0.05, 0.1) is 19.3 Å². The molecule has 0 amide bonds. The fourth-order valence-electron chi connectivity index (χ4n) is 2.51. The van der Waals surface area contributed by atoms with Crippen molar-refractivity contribution in [1.29, 1.82) is 0 Å². The Morgan fingerprint density at radius 3 is 3.04 bits per heavy atom. The molecule has 0 bridgehead atoms. The number of anilines is 1. The highest BCUT2D eigenvalue weighted by atomic mass is 16.5. The quantitative estimate of drug-likeness (QED) is 0.618. The topological polar surface area (TPSA) is 61.8 Å². The highest BCUT2D eigenvalue weighted by Crippen LogP contribution is 2.16. The first kappa shape index (κ1) is 17.5. The number of nitrogens with one attached hydrogen (secondary N) is 2. The van der Waals surface area contributed by atoms with E-state index in [0.29, 0.717) is 6.54 Å². The zero-order chi connectivity index (χ0) is 16.5. The van der Waals surface area contributed by atoms with Crippen LogP contribution in [0.1, 0.15) is 32.8 Å². The van der Waals surface area contributed by atoms with E-state index in [-0.39, 0.29) is 6.10 Å². The average molecular weight is 319 g/mol. The smallest absolute Gasteiger partial charge is 0.191 e. The summed E-state index contributed by atoms with van der Waals surface area (Å²) in [5.74, 6) is 1.88. The van der Waals surface area contributed by atoms with Crippen LogP contribution in [-0.4, -0.2) is 49.8 Å². The fraction of sp³-hybridized carbons (Fsp3) is 0.647. The Kier molecular flexibility index (Phi) is 7.13. The van der Waals surface area contributed by atoms with Gasteiger partial charge in [-0.1, -0.05) is 6.92 Å². The normalized spacial score (nSPS) is 18.8. The van der Waals surface area contributed by atoms with Gasteiger partial charge in [-0.3, -0.25) is 0 Å². The van der Waals surface area contributed by atoms with Crippen LogP contribution in [0, 0.1) is 0 Å². The monoisotopic (exact) mass is 319 g/mol. The third-order valence-electron chi connectivity index (χ3n) is 3.68. The molecule has 1 saturated heterocycles. The highest BCUT2D eigenvalue weighted by molar-refractivity contribution is 5.79. The molecule has 0 spiro atoms. The lowest BCUT2D eigenvalue weighted by molar-refractivity contribution is 0.0529. The molecule has 1 aromatic rings. The van der Waals surface area contributed by atoms with Crippen molar-refractivity contribution >= 4 is 11.8 Å². The van der Waals surface area contributed by atoms with Crippen molar-refractivity contribution in [2.75, 3.05) is 37.7 Å². The largest absolute Gasteiger partial charge is 0.375 e.